The molecule has 0 unspecified atom stereocenters. The summed E-state index contributed by atoms with van der Waals surface area (Å²) in [5, 5.41) is 0. The highest BCUT2D eigenvalue weighted by Gasteiger charge is 2.38. The number of carbonyl (C=O) groups excluding carboxylic acids is 1. The van der Waals surface area contributed by atoms with Crippen molar-refractivity contribution in [3.8, 4) is 11.5 Å². The van der Waals surface area contributed by atoms with Crippen molar-refractivity contribution in [3.05, 3.63) is 23.8 Å². The minimum absolute atomic E-state index is 0. The fraction of sp³-hybridized carbons (Fsp3) is 0.500. The van der Waals surface area contributed by atoms with Gasteiger partial charge in [0, 0.05) is 17.7 Å². The van der Waals surface area contributed by atoms with Crippen LogP contribution in [0.3, 0.4) is 0 Å². The molecular weight excluding hydrogens is 339 g/mol. The van der Waals surface area contributed by atoms with E-state index in [4.69, 9.17) is 10.5 Å². The second-order valence-corrected chi connectivity index (χ2v) is 5.14. The number of alkyl halides is 3. The number of rotatable bonds is 5. The zero-order valence-electron chi connectivity index (χ0n) is 13.1. The van der Waals surface area contributed by atoms with E-state index in [2.05, 4.69) is 9.47 Å². The lowest BCUT2D eigenvalue weighted by Gasteiger charge is -2.30. The summed E-state index contributed by atoms with van der Waals surface area (Å²) in [5.41, 5.74) is 5.34. The van der Waals surface area contributed by atoms with Crippen LogP contribution in [0.25, 0.3) is 0 Å². The van der Waals surface area contributed by atoms with Crippen molar-refractivity contribution in [1.82, 2.24) is 0 Å². The maximum absolute atomic E-state index is 12.2. The molecule has 0 amide bonds. The van der Waals surface area contributed by atoms with E-state index >= 15 is 0 Å². The van der Waals surface area contributed by atoms with Gasteiger partial charge in [-0.3, -0.25) is 4.79 Å². The molecule has 0 spiro atoms. The number of nitrogens with two attached hydrogens (primary N) is 1. The first-order chi connectivity index (χ1) is 10.0. The Bertz CT molecular complexity index is 549. The summed E-state index contributed by atoms with van der Waals surface area (Å²) in [7, 11) is 2.52. The molecule has 1 aromatic rings. The van der Waals surface area contributed by atoms with Crippen LogP contribution in [0.2, 0.25) is 0 Å². The van der Waals surface area contributed by atoms with Gasteiger partial charge in [0.1, 0.15) is 11.5 Å². The van der Waals surface area contributed by atoms with Gasteiger partial charge < -0.3 is 19.9 Å². The summed E-state index contributed by atoms with van der Waals surface area (Å²) >= 11 is 0. The smallest absolute Gasteiger partial charge is 0.496 e. The molecule has 0 saturated carbocycles. The molecule has 23 heavy (non-hydrogen) atoms. The molecule has 0 fully saturated rings. The first kappa shape index (κ1) is 21.3. The van der Waals surface area contributed by atoms with Crippen molar-refractivity contribution in [2.75, 3.05) is 14.2 Å². The van der Waals surface area contributed by atoms with Crippen LogP contribution in [-0.4, -0.2) is 26.6 Å². The maximum Gasteiger partial charge on any atom is 0.573 e. The summed E-state index contributed by atoms with van der Waals surface area (Å²) in [6, 6.07) is 2.67. The van der Waals surface area contributed by atoms with Gasteiger partial charge in [-0.25, -0.2) is 0 Å². The molecule has 0 aliphatic carbocycles. The standard InChI is InChI=1S/C14H18F3NO4.ClH/c1-13(2,12(19)21-4)11(18)9-6-5-8(7-10(9)20-3)22-14(15,16)17;/h5-7,11H,18H2,1-4H3;1H/t11-;/m1./s1. The van der Waals surface area contributed by atoms with E-state index in [1.165, 1.54) is 20.3 Å². The third-order valence-electron chi connectivity index (χ3n) is 3.26. The van der Waals surface area contributed by atoms with Gasteiger partial charge in [-0.2, -0.15) is 0 Å². The van der Waals surface area contributed by atoms with Crippen molar-refractivity contribution < 1.29 is 32.2 Å². The van der Waals surface area contributed by atoms with Crippen LogP contribution < -0.4 is 15.2 Å². The Labute approximate surface area is 138 Å². The summed E-state index contributed by atoms with van der Waals surface area (Å²) in [6.45, 7) is 3.14. The molecule has 0 bridgehead atoms. The van der Waals surface area contributed by atoms with Gasteiger partial charge >= 0.3 is 12.3 Å². The molecule has 1 rings (SSSR count). The molecule has 0 heterocycles. The molecule has 0 aromatic heterocycles. The van der Waals surface area contributed by atoms with Crippen molar-refractivity contribution in [2.24, 2.45) is 11.1 Å². The average Bonchev–Trinajstić information content (AvgIpc) is 2.43. The Balaban J connectivity index is 0.00000484. The van der Waals surface area contributed by atoms with Gasteiger partial charge in [0.05, 0.1) is 19.6 Å². The van der Waals surface area contributed by atoms with Crippen LogP contribution in [0.4, 0.5) is 13.2 Å². The van der Waals surface area contributed by atoms with Crippen LogP contribution in [0.5, 0.6) is 11.5 Å². The predicted octanol–water partition coefficient (Wildman–Crippen LogP) is 3.21. The van der Waals surface area contributed by atoms with Crippen LogP contribution in [0.15, 0.2) is 18.2 Å². The molecule has 0 aliphatic heterocycles. The highest BCUT2D eigenvalue weighted by molar-refractivity contribution is 5.85. The van der Waals surface area contributed by atoms with Crippen molar-refractivity contribution in [3.63, 3.8) is 0 Å². The fourth-order valence-electron chi connectivity index (χ4n) is 1.92. The second kappa shape index (κ2) is 7.74. The van der Waals surface area contributed by atoms with Gasteiger partial charge in [-0.15, -0.1) is 25.6 Å². The largest absolute Gasteiger partial charge is 0.573 e. The maximum atomic E-state index is 12.2. The highest BCUT2D eigenvalue weighted by atomic mass is 35.5. The molecule has 0 aliphatic rings. The highest BCUT2D eigenvalue weighted by Crippen LogP contribution is 2.39. The van der Waals surface area contributed by atoms with Crippen LogP contribution >= 0.6 is 12.4 Å². The first-order valence-corrected chi connectivity index (χ1v) is 6.30. The number of methoxy groups -OCH3 is 2. The summed E-state index contributed by atoms with van der Waals surface area (Å²) in [4.78, 5) is 11.8. The zero-order chi connectivity index (χ0) is 17.1. The number of hydrogen-bond donors (Lipinski definition) is 1. The average molecular weight is 358 g/mol. The number of hydrogen-bond acceptors (Lipinski definition) is 5. The van der Waals surface area contributed by atoms with E-state index in [1.54, 1.807) is 13.8 Å². The van der Waals surface area contributed by atoms with Gasteiger partial charge in [0.15, 0.2) is 0 Å². The number of ether oxygens (including phenoxy) is 3. The van der Waals surface area contributed by atoms with Crippen LogP contribution in [-0.2, 0) is 9.53 Å². The topological polar surface area (TPSA) is 70.8 Å². The van der Waals surface area contributed by atoms with Crippen molar-refractivity contribution in [2.45, 2.75) is 26.3 Å². The quantitative estimate of drug-likeness (QED) is 0.819. The Morgan fingerprint density at radius 1 is 1.22 bits per heavy atom. The second-order valence-electron chi connectivity index (χ2n) is 5.14. The van der Waals surface area contributed by atoms with E-state index < -0.39 is 29.5 Å². The van der Waals surface area contributed by atoms with Gasteiger partial charge in [-0.05, 0) is 19.9 Å². The minimum atomic E-state index is -4.81. The molecular formula is C14H19ClF3NO4. The summed E-state index contributed by atoms with van der Waals surface area (Å²) < 4.78 is 50.2. The zero-order valence-corrected chi connectivity index (χ0v) is 13.9. The molecule has 0 saturated heterocycles. The minimum Gasteiger partial charge on any atom is -0.496 e. The third kappa shape index (κ3) is 5.18. The summed E-state index contributed by atoms with van der Waals surface area (Å²) in [6.07, 6.45) is -4.81. The molecule has 1 atom stereocenters. The number of carbonyl (C=O) groups is 1. The first-order valence-electron chi connectivity index (χ1n) is 6.30. The Morgan fingerprint density at radius 3 is 2.22 bits per heavy atom. The number of benzene rings is 1. The van der Waals surface area contributed by atoms with Gasteiger partial charge in [0.2, 0.25) is 0 Å². The Hall–Kier alpha value is -1.67. The monoisotopic (exact) mass is 357 g/mol. The van der Waals surface area contributed by atoms with E-state index in [9.17, 15) is 18.0 Å². The molecule has 0 radical (unpaired) electrons. The lowest BCUT2D eigenvalue weighted by molar-refractivity contribution is -0.274. The molecule has 5 nitrogen and oxygen atoms in total. The SMILES string of the molecule is COC(=O)C(C)(C)[C@H](N)c1ccc(OC(F)(F)F)cc1OC.Cl. The van der Waals surface area contributed by atoms with E-state index in [-0.39, 0.29) is 18.2 Å². The Kier molecular flexibility index (Phi) is 7.18. The third-order valence-corrected chi connectivity index (χ3v) is 3.26. The van der Waals surface area contributed by atoms with Gasteiger partial charge in [-0.1, -0.05) is 6.07 Å². The van der Waals surface area contributed by atoms with Crippen molar-refractivity contribution in [1.29, 1.82) is 0 Å². The summed E-state index contributed by atoms with van der Waals surface area (Å²) in [5.74, 6) is -0.889. The fourth-order valence-corrected chi connectivity index (χ4v) is 1.92. The Morgan fingerprint density at radius 2 is 1.78 bits per heavy atom. The lowest BCUT2D eigenvalue weighted by atomic mass is 9.80. The van der Waals surface area contributed by atoms with Gasteiger partial charge in [0.25, 0.3) is 0 Å². The van der Waals surface area contributed by atoms with Crippen molar-refractivity contribution >= 4 is 18.4 Å². The molecule has 132 valence electrons. The lowest BCUT2D eigenvalue weighted by Crippen LogP contribution is -2.37. The van der Waals surface area contributed by atoms with E-state index in [1.807, 2.05) is 0 Å². The molecule has 9 heteroatoms. The molecule has 2 N–H and O–H groups in total. The molecule has 1 aromatic carbocycles. The van der Waals surface area contributed by atoms with Crippen LogP contribution in [0.1, 0.15) is 25.5 Å². The normalized spacial score (nSPS) is 12.9. The number of halogens is 4. The van der Waals surface area contributed by atoms with E-state index in [0.29, 0.717) is 5.56 Å². The predicted molar refractivity (Wildman–Crippen MR) is 79.7 cm³/mol. The van der Waals surface area contributed by atoms with Crippen LogP contribution in [0, 0.1) is 5.41 Å². The number of esters is 1. The van der Waals surface area contributed by atoms with E-state index in [0.717, 1.165) is 12.1 Å².